The van der Waals surface area contributed by atoms with E-state index < -0.39 is 0 Å². The van der Waals surface area contributed by atoms with Gasteiger partial charge in [-0.2, -0.15) is 0 Å². The van der Waals surface area contributed by atoms with Crippen LogP contribution in [0.2, 0.25) is 0 Å². The van der Waals surface area contributed by atoms with Gasteiger partial charge >= 0.3 is 0 Å². The summed E-state index contributed by atoms with van der Waals surface area (Å²) in [6.07, 6.45) is 2.85. The van der Waals surface area contributed by atoms with E-state index in [2.05, 4.69) is 6.92 Å². The van der Waals surface area contributed by atoms with Gasteiger partial charge < -0.3 is 30.3 Å². The highest BCUT2D eigenvalue weighted by Gasteiger charge is 2.02. The summed E-state index contributed by atoms with van der Waals surface area (Å²) in [4.78, 5) is 0. The van der Waals surface area contributed by atoms with E-state index in [1.165, 1.54) is 12.1 Å². The second-order valence-electron chi connectivity index (χ2n) is 7.56. The smallest absolute Gasteiger partial charge is 0.165 e. The maximum absolute atomic E-state index is 9.41. The fourth-order valence-electron chi connectivity index (χ4n) is 3.04. The van der Waals surface area contributed by atoms with Crippen molar-refractivity contribution in [2.24, 2.45) is 0 Å². The van der Waals surface area contributed by atoms with E-state index in [0.29, 0.717) is 5.39 Å². The minimum Gasteiger partial charge on any atom is -0.508 e. The predicted octanol–water partition coefficient (Wildman–Crippen LogP) is 6.48. The summed E-state index contributed by atoms with van der Waals surface area (Å²) in [6, 6.07) is 22.1. The van der Waals surface area contributed by atoms with Gasteiger partial charge in [-0.15, -0.1) is 0 Å². The Morgan fingerprint density at radius 1 is 0.647 bits per heavy atom. The molecule has 0 radical (unpaired) electrons. The molecule has 0 fully saturated rings. The summed E-state index contributed by atoms with van der Waals surface area (Å²) in [5.74, 6) is 1.26. The van der Waals surface area contributed by atoms with E-state index in [0.717, 1.165) is 42.6 Å². The van der Waals surface area contributed by atoms with Crippen molar-refractivity contribution in [1.29, 1.82) is 0 Å². The number of hydrogen-bond acceptors (Lipinski definition) is 6. The van der Waals surface area contributed by atoms with Crippen LogP contribution in [0.1, 0.15) is 32.3 Å². The quantitative estimate of drug-likeness (QED) is 0.216. The molecule has 0 aliphatic carbocycles. The zero-order valence-corrected chi connectivity index (χ0v) is 19.5. The molecule has 0 atom stereocenters. The van der Waals surface area contributed by atoms with Crippen LogP contribution in [-0.4, -0.2) is 32.1 Å². The molecule has 0 aromatic heterocycles. The maximum atomic E-state index is 9.41. The minimum absolute atomic E-state index is 0.0481. The van der Waals surface area contributed by atoms with Crippen molar-refractivity contribution in [3.63, 3.8) is 0 Å². The maximum Gasteiger partial charge on any atom is 0.165 e. The number of phenolic OH excluding ortho intramolecular Hbond substituents is 5. The fourth-order valence-corrected chi connectivity index (χ4v) is 3.04. The Hall–Kier alpha value is -4.06. The molecule has 0 amide bonds. The van der Waals surface area contributed by atoms with Gasteiger partial charge in [0.1, 0.15) is 23.0 Å². The number of rotatable bonds is 5. The number of ether oxygens (including phenoxy) is 1. The second-order valence-corrected chi connectivity index (χ2v) is 7.56. The molecule has 6 heteroatoms. The third-order valence-corrected chi connectivity index (χ3v) is 4.78. The Bertz CT molecular complexity index is 1160. The van der Waals surface area contributed by atoms with E-state index >= 15 is 0 Å². The lowest BCUT2D eigenvalue weighted by Gasteiger charge is -2.02. The first-order chi connectivity index (χ1) is 16.3. The Morgan fingerprint density at radius 3 is 1.97 bits per heavy atom. The first-order valence-corrected chi connectivity index (χ1v) is 11.2. The number of fused-ring (bicyclic) bond motifs is 1. The van der Waals surface area contributed by atoms with E-state index in [-0.39, 0.29) is 28.7 Å². The van der Waals surface area contributed by atoms with Crippen molar-refractivity contribution < 1.29 is 30.3 Å². The molecule has 4 aromatic carbocycles. The standard InChI is InChI=1S/C10H8O2.2C9H12O2/c11-9-6-5-7-3-1-2-4-8(7)10(9)12;1-2-7-11-9-5-3-8(10)4-6-9;1-2-3-7-4-5-8(10)6-9(7)11/h1-6,11-12H;3-6,10H,2,7H2,1H3;4-6,10-11H,2-3H2,1H3. The molecule has 4 rings (SSSR count). The van der Waals surface area contributed by atoms with Gasteiger partial charge in [0.2, 0.25) is 0 Å². The molecule has 0 saturated carbocycles. The lowest BCUT2D eigenvalue weighted by molar-refractivity contribution is 0.317. The number of phenols is 5. The van der Waals surface area contributed by atoms with Crippen molar-refractivity contribution in [3.05, 3.63) is 84.4 Å². The van der Waals surface area contributed by atoms with Crippen LogP contribution in [0.25, 0.3) is 10.8 Å². The van der Waals surface area contributed by atoms with E-state index in [4.69, 9.17) is 20.1 Å². The lowest BCUT2D eigenvalue weighted by Crippen LogP contribution is -1.93. The van der Waals surface area contributed by atoms with Crippen LogP contribution in [0.3, 0.4) is 0 Å². The first kappa shape index (κ1) is 26.2. The molecule has 6 nitrogen and oxygen atoms in total. The molecule has 0 aliphatic rings. The summed E-state index contributed by atoms with van der Waals surface area (Å²) < 4.78 is 5.30. The topological polar surface area (TPSA) is 110 Å². The molecular weight excluding hydrogens is 432 g/mol. The van der Waals surface area contributed by atoms with Crippen LogP contribution >= 0.6 is 0 Å². The van der Waals surface area contributed by atoms with Gasteiger partial charge in [0.05, 0.1) is 6.61 Å². The third-order valence-electron chi connectivity index (χ3n) is 4.78. The van der Waals surface area contributed by atoms with Crippen LogP contribution < -0.4 is 4.74 Å². The molecule has 0 spiro atoms. The molecule has 34 heavy (non-hydrogen) atoms. The van der Waals surface area contributed by atoms with Crippen molar-refractivity contribution >= 4 is 10.8 Å². The number of hydrogen-bond donors (Lipinski definition) is 5. The first-order valence-electron chi connectivity index (χ1n) is 11.2. The van der Waals surface area contributed by atoms with Gasteiger partial charge in [-0.1, -0.05) is 56.7 Å². The molecule has 0 saturated heterocycles. The Morgan fingerprint density at radius 2 is 1.32 bits per heavy atom. The molecule has 0 bridgehead atoms. The van der Waals surface area contributed by atoms with Gasteiger partial charge in [0.25, 0.3) is 0 Å². The van der Waals surface area contributed by atoms with Gasteiger partial charge in [-0.25, -0.2) is 0 Å². The van der Waals surface area contributed by atoms with E-state index in [9.17, 15) is 10.2 Å². The lowest BCUT2D eigenvalue weighted by atomic mass is 10.1. The average Bonchev–Trinajstić information content (AvgIpc) is 2.84. The van der Waals surface area contributed by atoms with Crippen molar-refractivity contribution in [2.45, 2.75) is 33.1 Å². The van der Waals surface area contributed by atoms with Crippen molar-refractivity contribution in [2.75, 3.05) is 6.61 Å². The van der Waals surface area contributed by atoms with Gasteiger partial charge in [0, 0.05) is 11.5 Å². The van der Waals surface area contributed by atoms with Gasteiger partial charge in [0.15, 0.2) is 11.5 Å². The highest BCUT2D eigenvalue weighted by atomic mass is 16.5. The van der Waals surface area contributed by atoms with E-state index in [1.807, 2.05) is 25.1 Å². The third kappa shape index (κ3) is 8.13. The predicted molar refractivity (Wildman–Crippen MR) is 135 cm³/mol. The Kier molecular flexibility index (Phi) is 10.4. The molecule has 0 unspecified atom stereocenters. The SMILES string of the molecule is CCCOc1ccc(O)cc1.CCCc1ccc(O)cc1O.Oc1ccc2ccccc2c1O. The summed E-state index contributed by atoms with van der Waals surface area (Å²) in [5.41, 5.74) is 0.894. The minimum atomic E-state index is -0.0753. The normalized spacial score (nSPS) is 9.94. The number of aryl methyl sites for hydroxylation is 1. The molecule has 0 aliphatic heterocycles. The molecular formula is C28H32O6. The molecule has 0 heterocycles. The highest BCUT2D eigenvalue weighted by Crippen LogP contribution is 2.32. The number of benzene rings is 4. The van der Waals surface area contributed by atoms with Crippen LogP contribution in [0, 0.1) is 0 Å². The van der Waals surface area contributed by atoms with Crippen LogP contribution in [0.4, 0.5) is 0 Å². The van der Waals surface area contributed by atoms with Crippen LogP contribution in [0.5, 0.6) is 34.5 Å². The van der Waals surface area contributed by atoms with Gasteiger partial charge in [-0.05, 0) is 60.2 Å². The molecule has 5 N–H and O–H groups in total. The van der Waals surface area contributed by atoms with Crippen LogP contribution in [-0.2, 0) is 6.42 Å². The largest absolute Gasteiger partial charge is 0.508 e. The Balaban J connectivity index is 0.000000181. The Labute approximate surface area is 200 Å². The zero-order valence-electron chi connectivity index (χ0n) is 19.5. The fraction of sp³-hybridized carbons (Fsp3) is 0.214. The zero-order chi connectivity index (χ0) is 24.9. The van der Waals surface area contributed by atoms with Gasteiger partial charge in [-0.3, -0.25) is 0 Å². The summed E-state index contributed by atoms with van der Waals surface area (Å²) >= 11 is 0. The summed E-state index contributed by atoms with van der Waals surface area (Å²) in [5, 5.41) is 47.3. The monoisotopic (exact) mass is 464 g/mol. The average molecular weight is 465 g/mol. The van der Waals surface area contributed by atoms with E-state index in [1.54, 1.807) is 48.5 Å². The van der Waals surface area contributed by atoms with Crippen molar-refractivity contribution in [3.8, 4) is 34.5 Å². The van der Waals surface area contributed by atoms with Crippen LogP contribution in [0.15, 0.2) is 78.9 Å². The summed E-state index contributed by atoms with van der Waals surface area (Å²) in [6.45, 7) is 4.83. The second kappa shape index (κ2) is 13.5. The number of aromatic hydroxyl groups is 5. The highest BCUT2D eigenvalue weighted by molar-refractivity contribution is 5.90. The molecule has 180 valence electrons. The van der Waals surface area contributed by atoms with Crippen molar-refractivity contribution in [1.82, 2.24) is 0 Å². The molecule has 4 aromatic rings. The summed E-state index contributed by atoms with van der Waals surface area (Å²) in [7, 11) is 0.